The minimum Gasteiger partial charge on any atom is -0.396 e. The highest BCUT2D eigenvalue weighted by Gasteiger charge is 2.31. The molecule has 102 valence electrons. The molecule has 0 saturated heterocycles. The number of nitrogens with one attached hydrogen (secondary N) is 1. The summed E-state index contributed by atoms with van der Waals surface area (Å²) in [6.45, 7) is 2.17. The predicted molar refractivity (Wildman–Crippen MR) is 76.6 cm³/mol. The van der Waals surface area contributed by atoms with Crippen LogP contribution in [0.15, 0.2) is 30.3 Å². The van der Waals surface area contributed by atoms with Crippen molar-refractivity contribution in [1.29, 1.82) is 0 Å². The summed E-state index contributed by atoms with van der Waals surface area (Å²) in [6.07, 6.45) is 6.35. The molecule has 3 nitrogen and oxygen atoms in total. The second-order valence-corrected chi connectivity index (χ2v) is 5.21. The Morgan fingerprint density at radius 2 is 2.11 bits per heavy atom. The first-order valence-corrected chi connectivity index (χ1v) is 6.85. The van der Waals surface area contributed by atoms with Gasteiger partial charge in [-0.1, -0.05) is 29.8 Å². The van der Waals surface area contributed by atoms with E-state index in [1.165, 1.54) is 5.56 Å². The van der Waals surface area contributed by atoms with Gasteiger partial charge in [0.15, 0.2) is 0 Å². The van der Waals surface area contributed by atoms with Crippen molar-refractivity contribution >= 4 is 12.0 Å². The molecular formula is C16H21NO2. The number of rotatable bonds is 6. The molecule has 1 amide bonds. The molecule has 0 aliphatic heterocycles. The van der Waals surface area contributed by atoms with Crippen LogP contribution in [0.4, 0.5) is 0 Å². The molecule has 0 aromatic heterocycles. The van der Waals surface area contributed by atoms with Crippen LogP contribution in [0.5, 0.6) is 0 Å². The molecule has 2 N–H and O–H groups in total. The first-order chi connectivity index (χ1) is 9.19. The second kappa shape index (κ2) is 6.53. The standard InChI is InChI=1S/C16H21NO2/c1-12-2-4-13(5-3-12)6-9-16(19)17-15(10-11-18)14-7-8-14/h2-6,9,14-15,18H,7-8,10-11H2,1H3,(H,17,19)/b9-6+. The van der Waals surface area contributed by atoms with Gasteiger partial charge in [0.2, 0.25) is 5.91 Å². The number of carbonyl (C=O) groups is 1. The maximum Gasteiger partial charge on any atom is 0.244 e. The topological polar surface area (TPSA) is 49.3 Å². The van der Waals surface area contributed by atoms with Crippen molar-refractivity contribution in [3.8, 4) is 0 Å². The number of carbonyl (C=O) groups excluding carboxylic acids is 1. The highest BCUT2D eigenvalue weighted by molar-refractivity contribution is 5.91. The third kappa shape index (κ3) is 4.52. The fraction of sp³-hybridized carbons (Fsp3) is 0.438. The summed E-state index contributed by atoms with van der Waals surface area (Å²) in [5.41, 5.74) is 2.23. The van der Waals surface area contributed by atoms with Gasteiger partial charge in [0.1, 0.15) is 0 Å². The Labute approximate surface area is 114 Å². The van der Waals surface area contributed by atoms with E-state index in [2.05, 4.69) is 5.32 Å². The van der Waals surface area contributed by atoms with Crippen molar-refractivity contribution in [3.05, 3.63) is 41.5 Å². The van der Waals surface area contributed by atoms with Crippen molar-refractivity contribution in [2.75, 3.05) is 6.61 Å². The van der Waals surface area contributed by atoms with Crippen LogP contribution < -0.4 is 5.32 Å². The Bertz CT molecular complexity index is 446. The fourth-order valence-corrected chi connectivity index (χ4v) is 2.14. The predicted octanol–water partition coefficient (Wildman–Crippen LogP) is 2.29. The van der Waals surface area contributed by atoms with E-state index in [4.69, 9.17) is 5.11 Å². The maximum absolute atomic E-state index is 11.8. The minimum atomic E-state index is -0.0778. The average Bonchev–Trinajstić information content (AvgIpc) is 3.22. The average molecular weight is 259 g/mol. The fourth-order valence-electron chi connectivity index (χ4n) is 2.14. The summed E-state index contributed by atoms with van der Waals surface area (Å²) in [5.74, 6) is 0.481. The third-order valence-corrected chi connectivity index (χ3v) is 3.46. The van der Waals surface area contributed by atoms with Gasteiger partial charge in [-0.2, -0.15) is 0 Å². The van der Waals surface area contributed by atoms with Gasteiger partial charge in [0.05, 0.1) is 0 Å². The molecule has 1 fully saturated rings. The number of aliphatic hydroxyl groups is 1. The highest BCUT2D eigenvalue weighted by Crippen LogP contribution is 2.33. The second-order valence-electron chi connectivity index (χ2n) is 5.21. The van der Waals surface area contributed by atoms with Gasteiger partial charge in [0, 0.05) is 18.7 Å². The van der Waals surface area contributed by atoms with E-state index in [1.807, 2.05) is 37.3 Å². The van der Waals surface area contributed by atoms with Crippen molar-refractivity contribution in [2.45, 2.75) is 32.2 Å². The van der Waals surface area contributed by atoms with Crippen LogP contribution in [-0.2, 0) is 4.79 Å². The molecule has 1 aliphatic carbocycles. The zero-order chi connectivity index (χ0) is 13.7. The van der Waals surface area contributed by atoms with Crippen LogP contribution in [0, 0.1) is 12.8 Å². The van der Waals surface area contributed by atoms with Crippen LogP contribution in [-0.4, -0.2) is 23.7 Å². The molecule has 1 atom stereocenters. The van der Waals surface area contributed by atoms with Crippen LogP contribution >= 0.6 is 0 Å². The van der Waals surface area contributed by atoms with E-state index in [0.29, 0.717) is 12.3 Å². The van der Waals surface area contributed by atoms with Gasteiger partial charge < -0.3 is 10.4 Å². The van der Waals surface area contributed by atoms with E-state index in [9.17, 15) is 4.79 Å². The molecule has 1 saturated carbocycles. The van der Waals surface area contributed by atoms with Gasteiger partial charge in [-0.15, -0.1) is 0 Å². The van der Waals surface area contributed by atoms with Crippen molar-refractivity contribution in [1.82, 2.24) is 5.32 Å². The molecule has 19 heavy (non-hydrogen) atoms. The molecule has 1 aromatic rings. The lowest BCUT2D eigenvalue weighted by atomic mass is 10.1. The van der Waals surface area contributed by atoms with Gasteiger partial charge in [0.25, 0.3) is 0 Å². The maximum atomic E-state index is 11.8. The first-order valence-electron chi connectivity index (χ1n) is 6.85. The molecule has 1 aromatic carbocycles. The lowest BCUT2D eigenvalue weighted by molar-refractivity contribution is -0.117. The van der Waals surface area contributed by atoms with Crippen LogP contribution in [0.25, 0.3) is 6.08 Å². The Kier molecular flexibility index (Phi) is 4.74. The number of aliphatic hydroxyl groups excluding tert-OH is 1. The lowest BCUT2D eigenvalue weighted by Gasteiger charge is -2.15. The monoisotopic (exact) mass is 259 g/mol. The third-order valence-electron chi connectivity index (χ3n) is 3.46. The number of hydrogen-bond donors (Lipinski definition) is 2. The summed E-state index contributed by atoms with van der Waals surface area (Å²) in [7, 11) is 0. The summed E-state index contributed by atoms with van der Waals surface area (Å²) in [6, 6.07) is 8.16. The van der Waals surface area contributed by atoms with Crippen LogP contribution in [0.1, 0.15) is 30.4 Å². The highest BCUT2D eigenvalue weighted by atomic mass is 16.3. The van der Waals surface area contributed by atoms with Crippen molar-refractivity contribution in [2.24, 2.45) is 5.92 Å². The Morgan fingerprint density at radius 1 is 1.42 bits per heavy atom. The van der Waals surface area contributed by atoms with E-state index in [0.717, 1.165) is 18.4 Å². The molecule has 0 spiro atoms. The summed E-state index contributed by atoms with van der Waals surface area (Å²) in [5, 5.41) is 12.0. The smallest absolute Gasteiger partial charge is 0.244 e. The van der Waals surface area contributed by atoms with Crippen LogP contribution in [0.2, 0.25) is 0 Å². The zero-order valence-corrected chi connectivity index (χ0v) is 11.3. The number of aryl methyl sites for hydroxylation is 1. The molecule has 0 radical (unpaired) electrons. The van der Waals surface area contributed by atoms with E-state index < -0.39 is 0 Å². The van der Waals surface area contributed by atoms with Crippen LogP contribution in [0.3, 0.4) is 0 Å². The summed E-state index contributed by atoms with van der Waals surface area (Å²) in [4.78, 5) is 11.8. The largest absolute Gasteiger partial charge is 0.396 e. The van der Waals surface area contributed by atoms with E-state index in [1.54, 1.807) is 6.08 Å². The van der Waals surface area contributed by atoms with E-state index in [-0.39, 0.29) is 18.6 Å². The van der Waals surface area contributed by atoms with Gasteiger partial charge in [-0.05, 0) is 43.7 Å². The van der Waals surface area contributed by atoms with Gasteiger partial charge in [-0.25, -0.2) is 0 Å². The number of hydrogen-bond acceptors (Lipinski definition) is 2. The van der Waals surface area contributed by atoms with Crippen molar-refractivity contribution in [3.63, 3.8) is 0 Å². The molecule has 3 heteroatoms. The quantitative estimate of drug-likeness (QED) is 0.770. The molecular weight excluding hydrogens is 238 g/mol. The van der Waals surface area contributed by atoms with Crippen molar-refractivity contribution < 1.29 is 9.90 Å². The molecule has 2 rings (SSSR count). The first kappa shape index (κ1) is 13.8. The Hall–Kier alpha value is -1.61. The number of benzene rings is 1. The SMILES string of the molecule is Cc1ccc(/C=C/C(=O)NC(CCO)C2CC2)cc1. The zero-order valence-electron chi connectivity index (χ0n) is 11.3. The molecule has 1 unspecified atom stereocenters. The lowest BCUT2D eigenvalue weighted by Crippen LogP contribution is -2.36. The summed E-state index contributed by atoms with van der Waals surface area (Å²) < 4.78 is 0. The minimum absolute atomic E-state index is 0.0778. The Morgan fingerprint density at radius 3 is 2.68 bits per heavy atom. The van der Waals surface area contributed by atoms with Gasteiger partial charge >= 0.3 is 0 Å². The van der Waals surface area contributed by atoms with E-state index >= 15 is 0 Å². The Balaban J connectivity index is 1.87. The molecule has 0 bridgehead atoms. The summed E-state index contributed by atoms with van der Waals surface area (Å²) >= 11 is 0. The molecule has 1 aliphatic rings. The number of amides is 1. The normalized spacial score (nSPS) is 16.5. The molecule has 0 heterocycles. The van der Waals surface area contributed by atoms with Gasteiger partial charge in [-0.3, -0.25) is 4.79 Å².